The first-order chi connectivity index (χ1) is 9.43. The standard InChI is InChI=1S/C14H17N3O3/c1-14(2,20-3)8-15-11-9-6-4-5-7-10(9)16-12(17-11)13(18)19/h4-7H,8H2,1-3H3,(H,18,19)(H,15,16,17). The quantitative estimate of drug-likeness (QED) is 0.870. The zero-order chi connectivity index (χ0) is 14.8. The first-order valence-corrected chi connectivity index (χ1v) is 6.22. The van der Waals surface area contributed by atoms with Crippen molar-refractivity contribution in [3.05, 3.63) is 30.1 Å². The maximum Gasteiger partial charge on any atom is 0.374 e. The minimum absolute atomic E-state index is 0.221. The van der Waals surface area contributed by atoms with Crippen LogP contribution in [-0.2, 0) is 4.74 Å². The molecule has 0 fully saturated rings. The summed E-state index contributed by atoms with van der Waals surface area (Å²) >= 11 is 0. The van der Waals surface area contributed by atoms with E-state index in [1.54, 1.807) is 13.2 Å². The van der Waals surface area contributed by atoms with Gasteiger partial charge in [-0.3, -0.25) is 0 Å². The normalized spacial score (nSPS) is 11.6. The molecule has 0 saturated heterocycles. The van der Waals surface area contributed by atoms with Crippen LogP contribution in [0, 0.1) is 0 Å². The van der Waals surface area contributed by atoms with E-state index in [0.29, 0.717) is 17.9 Å². The Morgan fingerprint density at radius 2 is 2.05 bits per heavy atom. The molecule has 106 valence electrons. The predicted molar refractivity (Wildman–Crippen MR) is 76.1 cm³/mol. The molecule has 1 aromatic heterocycles. The Hall–Kier alpha value is -2.21. The number of hydrogen-bond donors (Lipinski definition) is 2. The monoisotopic (exact) mass is 275 g/mol. The summed E-state index contributed by atoms with van der Waals surface area (Å²) in [6, 6.07) is 7.28. The van der Waals surface area contributed by atoms with Crippen molar-refractivity contribution in [3.63, 3.8) is 0 Å². The van der Waals surface area contributed by atoms with Gasteiger partial charge >= 0.3 is 5.97 Å². The largest absolute Gasteiger partial charge is 0.475 e. The number of carbonyl (C=O) groups is 1. The summed E-state index contributed by atoms with van der Waals surface area (Å²) in [4.78, 5) is 19.2. The molecule has 1 heterocycles. The van der Waals surface area contributed by atoms with E-state index in [9.17, 15) is 4.79 Å². The van der Waals surface area contributed by atoms with Crippen LogP contribution in [0.1, 0.15) is 24.5 Å². The molecule has 6 nitrogen and oxygen atoms in total. The van der Waals surface area contributed by atoms with E-state index in [1.165, 1.54) is 0 Å². The number of nitrogens with one attached hydrogen (secondary N) is 1. The van der Waals surface area contributed by atoms with Gasteiger partial charge in [-0.05, 0) is 26.0 Å². The summed E-state index contributed by atoms with van der Waals surface area (Å²) in [5.41, 5.74) is 0.215. The fourth-order valence-corrected chi connectivity index (χ4v) is 1.68. The molecule has 0 aliphatic carbocycles. The molecule has 20 heavy (non-hydrogen) atoms. The topological polar surface area (TPSA) is 84.3 Å². The number of carboxylic acid groups (broad SMARTS) is 1. The molecule has 0 saturated carbocycles. The van der Waals surface area contributed by atoms with Crippen LogP contribution in [0.2, 0.25) is 0 Å². The van der Waals surface area contributed by atoms with Gasteiger partial charge in [-0.25, -0.2) is 14.8 Å². The number of carboxylic acids is 1. The van der Waals surface area contributed by atoms with Gasteiger partial charge in [-0.15, -0.1) is 0 Å². The molecule has 6 heteroatoms. The Labute approximate surface area is 116 Å². The van der Waals surface area contributed by atoms with E-state index in [4.69, 9.17) is 9.84 Å². The number of nitrogens with zero attached hydrogens (tertiary/aromatic N) is 2. The van der Waals surface area contributed by atoms with Crippen LogP contribution < -0.4 is 5.32 Å². The van der Waals surface area contributed by atoms with Crippen molar-refractivity contribution >= 4 is 22.7 Å². The number of para-hydroxylation sites is 1. The number of aromatic carboxylic acids is 1. The fourth-order valence-electron chi connectivity index (χ4n) is 1.68. The molecule has 2 rings (SSSR count). The molecule has 0 radical (unpaired) electrons. The van der Waals surface area contributed by atoms with Gasteiger partial charge < -0.3 is 15.2 Å². The maximum atomic E-state index is 11.1. The zero-order valence-corrected chi connectivity index (χ0v) is 11.7. The number of anilines is 1. The molecule has 0 spiro atoms. The molecule has 2 N–H and O–H groups in total. The highest BCUT2D eigenvalue weighted by atomic mass is 16.5. The number of fused-ring (bicyclic) bond motifs is 1. The van der Waals surface area contributed by atoms with E-state index in [0.717, 1.165) is 5.39 Å². The van der Waals surface area contributed by atoms with Gasteiger partial charge in [0.25, 0.3) is 0 Å². The second kappa shape index (κ2) is 5.42. The summed E-state index contributed by atoms with van der Waals surface area (Å²) in [5, 5.41) is 13.0. The number of aromatic nitrogens is 2. The van der Waals surface area contributed by atoms with Gasteiger partial charge in [-0.1, -0.05) is 12.1 Å². The van der Waals surface area contributed by atoms with E-state index < -0.39 is 5.97 Å². The third-order valence-electron chi connectivity index (χ3n) is 3.03. The maximum absolute atomic E-state index is 11.1. The van der Waals surface area contributed by atoms with Crippen LogP contribution in [-0.4, -0.2) is 40.3 Å². The fraction of sp³-hybridized carbons (Fsp3) is 0.357. The van der Waals surface area contributed by atoms with Crippen LogP contribution in [0.3, 0.4) is 0 Å². The number of ether oxygens (including phenoxy) is 1. The van der Waals surface area contributed by atoms with Gasteiger partial charge in [0.2, 0.25) is 5.82 Å². The van der Waals surface area contributed by atoms with Crippen LogP contribution in [0.15, 0.2) is 24.3 Å². The summed E-state index contributed by atoms with van der Waals surface area (Å²) in [6.07, 6.45) is 0. The Kier molecular flexibility index (Phi) is 3.85. The van der Waals surface area contributed by atoms with Gasteiger partial charge in [0.15, 0.2) is 0 Å². The Balaban J connectivity index is 2.42. The molecule has 0 atom stereocenters. The minimum Gasteiger partial charge on any atom is -0.475 e. The van der Waals surface area contributed by atoms with Crippen molar-refractivity contribution in [2.24, 2.45) is 0 Å². The SMILES string of the molecule is COC(C)(C)CNc1nc(C(=O)O)nc2ccccc12. The molecule has 0 aliphatic heterocycles. The molecular weight excluding hydrogens is 258 g/mol. The van der Waals surface area contributed by atoms with Gasteiger partial charge in [0.1, 0.15) is 5.82 Å². The van der Waals surface area contributed by atoms with E-state index in [2.05, 4.69) is 15.3 Å². The van der Waals surface area contributed by atoms with Gasteiger partial charge in [0.05, 0.1) is 11.1 Å². The lowest BCUT2D eigenvalue weighted by Gasteiger charge is -2.23. The van der Waals surface area contributed by atoms with E-state index in [-0.39, 0.29) is 11.4 Å². The van der Waals surface area contributed by atoms with Crippen molar-refractivity contribution < 1.29 is 14.6 Å². The summed E-state index contributed by atoms with van der Waals surface area (Å²) < 4.78 is 5.33. The predicted octanol–water partition coefficient (Wildman–Crippen LogP) is 2.16. The third kappa shape index (κ3) is 3.03. The van der Waals surface area contributed by atoms with Crippen LogP contribution in [0.25, 0.3) is 10.9 Å². The van der Waals surface area contributed by atoms with Gasteiger partial charge in [-0.2, -0.15) is 0 Å². The summed E-state index contributed by atoms with van der Waals surface area (Å²) in [7, 11) is 1.63. The molecule has 0 aliphatic rings. The second-order valence-corrected chi connectivity index (χ2v) is 5.04. The van der Waals surface area contributed by atoms with E-state index >= 15 is 0 Å². The van der Waals surface area contributed by atoms with Gasteiger partial charge in [0, 0.05) is 19.0 Å². The molecule has 1 aromatic carbocycles. The van der Waals surface area contributed by atoms with Crippen LogP contribution in [0.5, 0.6) is 0 Å². The first-order valence-electron chi connectivity index (χ1n) is 6.22. The number of rotatable bonds is 5. The lowest BCUT2D eigenvalue weighted by Crippen LogP contribution is -2.32. The molecule has 0 unspecified atom stereocenters. The first kappa shape index (κ1) is 14.2. The lowest BCUT2D eigenvalue weighted by atomic mass is 10.1. The lowest BCUT2D eigenvalue weighted by molar-refractivity contribution is 0.0343. The number of benzene rings is 1. The zero-order valence-electron chi connectivity index (χ0n) is 11.7. The highest BCUT2D eigenvalue weighted by Gasteiger charge is 2.18. The van der Waals surface area contributed by atoms with Crippen molar-refractivity contribution in [3.8, 4) is 0 Å². The van der Waals surface area contributed by atoms with E-state index in [1.807, 2.05) is 32.0 Å². The molecule has 0 bridgehead atoms. The van der Waals surface area contributed by atoms with Crippen LogP contribution >= 0.6 is 0 Å². The van der Waals surface area contributed by atoms with Crippen molar-refractivity contribution in [2.75, 3.05) is 19.0 Å². The van der Waals surface area contributed by atoms with Crippen molar-refractivity contribution in [1.29, 1.82) is 0 Å². The third-order valence-corrected chi connectivity index (χ3v) is 3.03. The summed E-state index contributed by atoms with van der Waals surface area (Å²) in [5.74, 6) is -0.871. The van der Waals surface area contributed by atoms with Crippen LogP contribution in [0.4, 0.5) is 5.82 Å². The number of methoxy groups -OCH3 is 1. The van der Waals surface area contributed by atoms with Crippen molar-refractivity contribution in [2.45, 2.75) is 19.4 Å². The molecular formula is C14H17N3O3. The molecule has 2 aromatic rings. The van der Waals surface area contributed by atoms with Crippen molar-refractivity contribution in [1.82, 2.24) is 9.97 Å². The minimum atomic E-state index is -1.15. The Morgan fingerprint density at radius 3 is 2.70 bits per heavy atom. The smallest absolute Gasteiger partial charge is 0.374 e. The Morgan fingerprint density at radius 1 is 1.35 bits per heavy atom. The Bertz CT molecular complexity index is 641. The molecule has 0 amide bonds. The highest BCUT2D eigenvalue weighted by molar-refractivity contribution is 5.93. The average Bonchev–Trinajstić information content (AvgIpc) is 2.44. The average molecular weight is 275 g/mol. The highest BCUT2D eigenvalue weighted by Crippen LogP contribution is 2.21. The number of hydrogen-bond acceptors (Lipinski definition) is 5. The summed E-state index contributed by atoms with van der Waals surface area (Å²) in [6.45, 7) is 4.37. The second-order valence-electron chi connectivity index (χ2n) is 5.04.